The second kappa shape index (κ2) is 7.75. The van der Waals surface area contributed by atoms with E-state index >= 15 is 0 Å². The zero-order valence-electron chi connectivity index (χ0n) is 14.0. The Kier molecular flexibility index (Phi) is 5.98. The minimum Gasteiger partial charge on any atom is -0.488 e. The molecule has 22 heavy (non-hydrogen) atoms. The number of carbonyl (C=O) groups excluding carboxylic acids is 1. The molecule has 1 N–H and O–H groups in total. The largest absolute Gasteiger partial charge is 0.488 e. The molecule has 0 aliphatic carbocycles. The van der Waals surface area contributed by atoms with Gasteiger partial charge in [-0.05, 0) is 44.5 Å². The van der Waals surface area contributed by atoms with Crippen LogP contribution in [0, 0.1) is 0 Å². The van der Waals surface area contributed by atoms with E-state index in [0.29, 0.717) is 6.42 Å². The zero-order chi connectivity index (χ0) is 16.0. The van der Waals surface area contributed by atoms with Crippen molar-refractivity contribution < 1.29 is 9.53 Å². The van der Waals surface area contributed by atoms with Gasteiger partial charge in [-0.1, -0.05) is 6.92 Å². The van der Waals surface area contributed by atoms with Crippen LogP contribution in [0.5, 0.6) is 5.75 Å². The average molecular weight is 304 g/mol. The Balaban J connectivity index is 1.86. The number of nitrogens with zero attached hydrogens (tertiary/aromatic N) is 1. The van der Waals surface area contributed by atoms with E-state index in [4.69, 9.17) is 4.74 Å². The van der Waals surface area contributed by atoms with Crippen LogP contribution in [-0.4, -0.2) is 49.0 Å². The van der Waals surface area contributed by atoms with Gasteiger partial charge in [0.25, 0.3) is 0 Å². The van der Waals surface area contributed by atoms with Crippen molar-refractivity contribution in [3.63, 3.8) is 0 Å². The predicted molar refractivity (Wildman–Crippen MR) is 89.7 cm³/mol. The highest BCUT2D eigenvalue weighted by molar-refractivity contribution is 5.95. The smallest absolute Gasteiger partial charge is 0.162 e. The van der Waals surface area contributed by atoms with Crippen LogP contribution in [0.3, 0.4) is 0 Å². The third-order valence-electron chi connectivity index (χ3n) is 4.13. The van der Waals surface area contributed by atoms with E-state index in [9.17, 15) is 4.79 Å². The van der Waals surface area contributed by atoms with Gasteiger partial charge < -0.3 is 15.0 Å². The average Bonchev–Trinajstić information content (AvgIpc) is 2.54. The van der Waals surface area contributed by atoms with Crippen molar-refractivity contribution >= 4 is 5.78 Å². The van der Waals surface area contributed by atoms with E-state index < -0.39 is 0 Å². The highest BCUT2D eigenvalue weighted by Crippen LogP contribution is 2.22. The molecule has 1 heterocycles. The SMILES string of the molecule is CCC(=O)c1ccc(OC(C)(C)CCN2CCNCC2)cc1. The van der Waals surface area contributed by atoms with Gasteiger partial charge in [-0.15, -0.1) is 0 Å². The molecule has 0 amide bonds. The van der Waals surface area contributed by atoms with E-state index in [1.807, 2.05) is 31.2 Å². The number of ketones is 1. The Morgan fingerprint density at radius 1 is 1.23 bits per heavy atom. The number of piperazine rings is 1. The summed E-state index contributed by atoms with van der Waals surface area (Å²) in [6.45, 7) is 11.6. The summed E-state index contributed by atoms with van der Waals surface area (Å²) in [5.74, 6) is 1.00. The van der Waals surface area contributed by atoms with Crippen molar-refractivity contribution in [3.05, 3.63) is 29.8 Å². The molecule has 1 aliphatic rings. The highest BCUT2D eigenvalue weighted by atomic mass is 16.5. The van der Waals surface area contributed by atoms with Gasteiger partial charge in [-0.25, -0.2) is 0 Å². The van der Waals surface area contributed by atoms with Crippen LogP contribution >= 0.6 is 0 Å². The van der Waals surface area contributed by atoms with Gasteiger partial charge in [-0.2, -0.15) is 0 Å². The normalized spacial score (nSPS) is 16.5. The number of hydrogen-bond donors (Lipinski definition) is 1. The summed E-state index contributed by atoms with van der Waals surface area (Å²) < 4.78 is 6.11. The first-order valence-electron chi connectivity index (χ1n) is 8.25. The van der Waals surface area contributed by atoms with Crippen LogP contribution in [0.2, 0.25) is 0 Å². The lowest BCUT2D eigenvalue weighted by Crippen LogP contribution is -2.45. The number of benzene rings is 1. The molecule has 0 atom stereocenters. The Hall–Kier alpha value is -1.39. The highest BCUT2D eigenvalue weighted by Gasteiger charge is 2.22. The molecule has 0 spiro atoms. The van der Waals surface area contributed by atoms with E-state index in [2.05, 4.69) is 24.1 Å². The number of carbonyl (C=O) groups is 1. The van der Waals surface area contributed by atoms with E-state index in [-0.39, 0.29) is 11.4 Å². The summed E-state index contributed by atoms with van der Waals surface area (Å²) in [6.07, 6.45) is 1.53. The van der Waals surface area contributed by atoms with Gasteiger partial charge >= 0.3 is 0 Å². The third kappa shape index (κ3) is 5.11. The molecule has 1 saturated heterocycles. The lowest BCUT2D eigenvalue weighted by Gasteiger charge is -2.32. The molecule has 4 nitrogen and oxygen atoms in total. The molecule has 0 saturated carbocycles. The quantitative estimate of drug-likeness (QED) is 0.787. The number of Topliss-reactive ketones (excluding diaryl/α,β-unsaturated/α-hetero) is 1. The molecule has 4 heteroatoms. The van der Waals surface area contributed by atoms with Crippen molar-refractivity contribution in [2.45, 2.75) is 39.2 Å². The fourth-order valence-corrected chi connectivity index (χ4v) is 2.65. The molecular weight excluding hydrogens is 276 g/mol. The van der Waals surface area contributed by atoms with Gasteiger partial charge in [0.2, 0.25) is 0 Å². The molecule has 1 aromatic rings. The standard InChI is InChI=1S/C18H28N2O2/c1-4-17(21)15-5-7-16(8-6-15)22-18(2,3)9-12-20-13-10-19-11-14-20/h5-8,19H,4,9-14H2,1-3H3. The minimum absolute atomic E-state index is 0.171. The predicted octanol–water partition coefficient (Wildman–Crippen LogP) is 2.73. The summed E-state index contributed by atoms with van der Waals surface area (Å²) in [4.78, 5) is 14.1. The van der Waals surface area contributed by atoms with Crippen molar-refractivity contribution in [3.8, 4) is 5.75 Å². The maximum Gasteiger partial charge on any atom is 0.162 e. The molecule has 2 rings (SSSR count). The molecule has 0 aromatic heterocycles. The summed E-state index contributed by atoms with van der Waals surface area (Å²) >= 11 is 0. The molecule has 122 valence electrons. The summed E-state index contributed by atoms with van der Waals surface area (Å²) in [5, 5.41) is 3.37. The molecule has 0 radical (unpaired) electrons. The molecule has 1 aromatic carbocycles. The zero-order valence-corrected chi connectivity index (χ0v) is 14.0. The monoisotopic (exact) mass is 304 g/mol. The van der Waals surface area contributed by atoms with Gasteiger partial charge in [0.05, 0.1) is 0 Å². The van der Waals surface area contributed by atoms with Crippen LogP contribution in [0.25, 0.3) is 0 Å². The molecule has 0 unspecified atom stereocenters. The molecular formula is C18H28N2O2. The van der Waals surface area contributed by atoms with Crippen LogP contribution in [0.15, 0.2) is 24.3 Å². The fraction of sp³-hybridized carbons (Fsp3) is 0.611. The van der Waals surface area contributed by atoms with Crippen LogP contribution in [0.4, 0.5) is 0 Å². The molecule has 1 aliphatic heterocycles. The second-order valence-corrected chi connectivity index (χ2v) is 6.50. The maximum atomic E-state index is 11.6. The van der Waals surface area contributed by atoms with Crippen molar-refractivity contribution in [2.24, 2.45) is 0 Å². The third-order valence-corrected chi connectivity index (χ3v) is 4.13. The Morgan fingerprint density at radius 3 is 2.45 bits per heavy atom. The number of ether oxygens (including phenoxy) is 1. The Morgan fingerprint density at radius 2 is 1.86 bits per heavy atom. The van der Waals surface area contributed by atoms with Crippen LogP contribution < -0.4 is 10.1 Å². The first kappa shape index (κ1) is 17.0. The molecule has 0 bridgehead atoms. The van der Waals surface area contributed by atoms with Gasteiger partial charge in [0.15, 0.2) is 5.78 Å². The van der Waals surface area contributed by atoms with Crippen molar-refractivity contribution in [1.29, 1.82) is 0 Å². The fourth-order valence-electron chi connectivity index (χ4n) is 2.65. The topological polar surface area (TPSA) is 41.6 Å². The van der Waals surface area contributed by atoms with Gasteiger partial charge in [-0.3, -0.25) is 4.79 Å². The first-order valence-corrected chi connectivity index (χ1v) is 8.25. The minimum atomic E-state index is -0.207. The number of rotatable bonds is 7. The lowest BCUT2D eigenvalue weighted by atomic mass is 10.0. The molecule has 1 fully saturated rings. The first-order chi connectivity index (χ1) is 10.5. The van der Waals surface area contributed by atoms with Crippen LogP contribution in [-0.2, 0) is 0 Å². The summed E-state index contributed by atoms with van der Waals surface area (Å²) in [6, 6.07) is 7.51. The Bertz CT molecular complexity index is 476. The van der Waals surface area contributed by atoms with E-state index in [0.717, 1.165) is 50.5 Å². The van der Waals surface area contributed by atoms with Crippen molar-refractivity contribution in [1.82, 2.24) is 10.2 Å². The van der Waals surface area contributed by atoms with Gasteiger partial charge in [0.1, 0.15) is 11.4 Å². The van der Waals surface area contributed by atoms with Crippen molar-refractivity contribution in [2.75, 3.05) is 32.7 Å². The van der Waals surface area contributed by atoms with Crippen LogP contribution in [0.1, 0.15) is 44.0 Å². The summed E-state index contributed by atoms with van der Waals surface area (Å²) in [5.41, 5.74) is 0.551. The Labute approximate surface area is 133 Å². The maximum absolute atomic E-state index is 11.6. The van der Waals surface area contributed by atoms with E-state index in [1.165, 1.54) is 0 Å². The number of nitrogens with one attached hydrogen (secondary N) is 1. The lowest BCUT2D eigenvalue weighted by molar-refractivity contribution is 0.0809. The van der Waals surface area contributed by atoms with E-state index in [1.54, 1.807) is 0 Å². The number of hydrogen-bond acceptors (Lipinski definition) is 4. The van der Waals surface area contributed by atoms with Gasteiger partial charge in [0, 0.05) is 44.7 Å². The second-order valence-electron chi connectivity index (χ2n) is 6.50. The summed E-state index contributed by atoms with van der Waals surface area (Å²) in [7, 11) is 0.